The first kappa shape index (κ1) is 15.6. The normalized spacial score (nSPS) is 20.8. The van der Waals surface area contributed by atoms with Crippen molar-refractivity contribution in [3.63, 3.8) is 0 Å². The first-order chi connectivity index (χ1) is 9.36. The summed E-state index contributed by atoms with van der Waals surface area (Å²) in [6, 6.07) is 3.47. The van der Waals surface area contributed by atoms with Crippen LogP contribution in [0.4, 0.5) is 0 Å². The van der Waals surface area contributed by atoms with E-state index in [-0.39, 0.29) is 11.7 Å². The molecule has 1 aliphatic heterocycles. The highest BCUT2D eigenvalue weighted by Crippen LogP contribution is 2.23. The van der Waals surface area contributed by atoms with Gasteiger partial charge < -0.3 is 0 Å². The van der Waals surface area contributed by atoms with Gasteiger partial charge in [0, 0.05) is 30.2 Å². The first-order valence-corrected chi connectivity index (χ1v) is 9.10. The van der Waals surface area contributed by atoms with Gasteiger partial charge in [-0.05, 0) is 46.8 Å². The smallest absolute Gasteiger partial charge is 0.211 e. The Labute approximate surface area is 127 Å². The predicted molar refractivity (Wildman–Crippen MR) is 80.0 cm³/mol. The Morgan fingerprint density at radius 3 is 2.85 bits per heavy atom. The number of carbonyl (C=O) groups is 1. The van der Waals surface area contributed by atoms with Crippen LogP contribution in [0.15, 0.2) is 22.8 Å². The van der Waals surface area contributed by atoms with Crippen LogP contribution in [-0.2, 0) is 10.0 Å². The molecule has 20 heavy (non-hydrogen) atoms. The number of nitrogens with zero attached hydrogens (tertiary/aromatic N) is 2. The molecule has 5 nitrogen and oxygen atoms in total. The molecule has 1 aromatic rings. The van der Waals surface area contributed by atoms with Crippen molar-refractivity contribution in [3.05, 3.63) is 28.5 Å². The summed E-state index contributed by atoms with van der Waals surface area (Å²) in [6.07, 6.45) is 4.85. The van der Waals surface area contributed by atoms with Crippen LogP contribution in [0, 0.1) is 5.92 Å². The molecule has 2 rings (SSSR count). The summed E-state index contributed by atoms with van der Waals surface area (Å²) in [7, 11) is -3.16. The van der Waals surface area contributed by atoms with E-state index in [0.29, 0.717) is 25.2 Å². The summed E-state index contributed by atoms with van der Waals surface area (Å²) in [5, 5.41) is 0. The van der Waals surface area contributed by atoms with Gasteiger partial charge in [0.2, 0.25) is 10.0 Å². The quantitative estimate of drug-likeness (QED) is 0.771. The second-order valence-electron chi connectivity index (χ2n) is 5.12. The van der Waals surface area contributed by atoms with Gasteiger partial charge in [-0.25, -0.2) is 12.7 Å². The van der Waals surface area contributed by atoms with Crippen molar-refractivity contribution in [1.29, 1.82) is 0 Å². The van der Waals surface area contributed by atoms with E-state index < -0.39 is 10.0 Å². The number of ketones is 1. The molecule has 0 aliphatic carbocycles. The summed E-state index contributed by atoms with van der Waals surface area (Å²) < 4.78 is 25.4. The van der Waals surface area contributed by atoms with E-state index in [1.807, 2.05) is 0 Å². The lowest BCUT2D eigenvalue weighted by molar-refractivity contribution is 0.0937. The van der Waals surface area contributed by atoms with Crippen molar-refractivity contribution in [3.8, 4) is 0 Å². The van der Waals surface area contributed by atoms with Gasteiger partial charge in [0.05, 0.1) is 6.26 Å². The summed E-state index contributed by atoms with van der Waals surface area (Å²) in [4.78, 5) is 16.2. The molecule has 1 aromatic heterocycles. The van der Waals surface area contributed by atoms with Crippen molar-refractivity contribution in [1.82, 2.24) is 9.29 Å². The fourth-order valence-corrected chi connectivity index (χ4v) is 3.58. The zero-order chi connectivity index (χ0) is 14.8. The van der Waals surface area contributed by atoms with Gasteiger partial charge in [-0.1, -0.05) is 0 Å². The number of carbonyl (C=O) groups excluding carboxylic acids is 1. The van der Waals surface area contributed by atoms with Crippen LogP contribution < -0.4 is 0 Å². The molecule has 2 heterocycles. The third-order valence-electron chi connectivity index (χ3n) is 3.44. The fourth-order valence-electron chi connectivity index (χ4n) is 2.40. The summed E-state index contributed by atoms with van der Waals surface area (Å²) in [6.45, 7) is 0.987. The van der Waals surface area contributed by atoms with Crippen molar-refractivity contribution in [2.75, 3.05) is 19.3 Å². The van der Waals surface area contributed by atoms with E-state index in [0.717, 1.165) is 17.3 Å². The minimum atomic E-state index is -3.16. The number of hydrogen-bond donors (Lipinski definition) is 0. The maximum Gasteiger partial charge on any atom is 0.211 e. The lowest BCUT2D eigenvalue weighted by Crippen LogP contribution is -2.39. The molecule has 1 fully saturated rings. The van der Waals surface area contributed by atoms with Crippen molar-refractivity contribution < 1.29 is 13.2 Å². The number of hydrogen-bond acceptors (Lipinski definition) is 4. The minimum Gasteiger partial charge on any atom is -0.292 e. The van der Waals surface area contributed by atoms with Crippen LogP contribution in [-0.4, -0.2) is 42.8 Å². The van der Waals surface area contributed by atoms with E-state index in [1.54, 1.807) is 18.3 Å². The second-order valence-corrected chi connectivity index (χ2v) is 8.02. The number of halogens is 1. The molecule has 1 atom stereocenters. The molecule has 0 saturated carbocycles. The molecule has 7 heteroatoms. The van der Waals surface area contributed by atoms with Crippen LogP contribution in [0.25, 0.3) is 0 Å². The molecule has 110 valence electrons. The van der Waals surface area contributed by atoms with Gasteiger partial charge in [-0.2, -0.15) is 0 Å². The molecule has 0 spiro atoms. The Bertz CT molecular complexity index is 586. The highest BCUT2D eigenvalue weighted by Gasteiger charge is 2.27. The van der Waals surface area contributed by atoms with E-state index in [1.165, 1.54) is 10.6 Å². The third-order valence-corrected chi connectivity index (χ3v) is 5.18. The zero-order valence-electron chi connectivity index (χ0n) is 11.3. The molecular formula is C13H17BrN2O3S. The summed E-state index contributed by atoms with van der Waals surface area (Å²) >= 11 is 3.28. The fraction of sp³-hybridized carbons (Fsp3) is 0.538. The Hall–Kier alpha value is -0.790. The van der Waals surface area contributed by atoms with Crippen LogP contribution in [0.1, 0.15) is 29.8 Å². The van der Waals surface area contributed by atoms with Crippen molar-refractivity contribution >= 4 is 31.7 Å². The Morgan fingerprint density at radius 2 is 2.25 bits per heavy atom. The SMILES string of the molecule is CS(=O)(=O)N1CCCC(CC(=O)c2ccc(Br)cn2)C1. The number of piperidine rings is 1. The van der Waals surface area contributed by atoms with E-state index in [9.17, 15) is 13.2 Å². The second kappa shape index (κ2) is 6.32. The van der Waals surface area contributed by atoms with Gasteiger partial charge in [-0.3, -0.25) is 9.78 Å². The number of sulfonamides is 1. The lowest BCUT2D eigenvalue weighted by atomic mass is 9.93. The third kappa shape index (κ3) is 4.10. The zero-order valence-corrected chi connectivity index (χ0v) is 13.7. The van der Waals surface area contributed by atoms with Crippen LogP contribution in [0.2, 0.25) is 0 Å². The summed E-state index contributed by atoms with van der Waals surface area (Å²) in [5.74, 6) is 0.0503. The van der Waals surface area contributed by atoms with Gasteiger partial charge in [0.15, 0.2) is 5.78 Å². The largest absolute Gasteiger partial charge is 0.292 e. The Morgan fingerprint density at radius 1 is 1.50 bits per heavy atom. The van der Waals surface area contributed by atoms with Gasteiger partial charge in [0.25, 0.3) is 0 Å². The molecule has 0 bridgehead atoms. The van der Waals surface area contributed by atoms with E-state index >= 15 is 0 Å². The maximum atomic E-state index is 12.1. The number of aromatic nitrogens is 1. The molecule has 0 amide bonds. The molecule has 0 N–H and O–H groups in total. The molecule has 0 aromatic carbocycles. The standard InChI is InChI=1S/C13H17BrN2O3S/c1-20(18,19)16-6-2-3-10(9-16)7-13(17)12-5-4-11(14)8-15-12/h4-5,8,10H,2-3,6-7,9H2,1H3. The topological polar surface area (TPSA) is 67.3 Å². The van der Waals surface area contributed by atoms with E-state index in [2.05, 4.69) is 20.9 Å². The molecule has 1 saturated heterocycles. The molecular weight excluding hydrogens is 344 g/mol. The van der Waals surface area contributed by atoms with Crippen molar-refractivity contribution in [2.45, 2.75) is 19.3 Å². The van der Waals surface area contributed by atoms with Crippen LogP contribution in [0.3, 0.4) is 0 Å². The van der Waals surface area contributed by atoms with Crippen LogP contribution in [0.5, 0.6) is 0 Å². The summed E-state index contributed by atoms with van der Waals surface area (Å²) in [5.41, 5.74) is 0.435. The monoisotopic (exact) mass is 360 g/mol. The highest BCUT2D eigenvalue weighted by atomic mass is 79.9. The van der Waals surface area contributed by atoms with Gasteiger partial charge in [-0.15, -0.1) is 0 Å². The predicted octanol–water partition coefficient (Wildman–Crippen LogP) is 2.09. The lowest BCUT2D eigenvalue weighted by Gasteiger charge is -2.30. The van der Waals surface area contributed by atoms with Crippen LogP contribution >= 0.6 is 15.9 Å². The molecule has 1 unspecified atom stereocenters. The Kier molecular flexibility index (Phi) is 4.93. The molecule has 0 radical (unpaired) electrons. The van der Waals surface area contributed by atoms with Gasteiger partial charge >= 0.3 is 0 Å². The van der Waals surface area contributed by atoms with Crippen molar-refractivity contribution in [2.24, 2.45) is 5.92 Å². The minimum absolute atomic E-state index is 0.0298. The maximum absolute atomic E-state index is 12.1. The average Bonchev–Trinajstić information content (AvgIpc) is 2.38. The van der Waals surface area contributed by atoms with Gasteiger partial charge in [0.1, 0.15) is 5.69 Å². The Balaban J connectivity index is 1.99. The van der Waals surface area contributed by atoms with E-state index in [4.69, 9.17) is 0 Å². The number of rotatable bonds is 4. The number of pyridine rings is 1. The highest BCUT2D eigenvalue weighted by molar-refractivity contribution is 9.10. The first-order valence-electron chi connectivity index (χ1n) is 6.46. The molecule has 1 aliphatic rings. The number of Topliss-reactive ketones (excluding diaryl/α,β-unsaturated/α-hetero) is 1. The average molecular weight is 361 g/mol.